The van der Waals surface area contributed by atoms with Crippen molar-refractivity contribution in [3.05, 3.63) is 183 Å². The van der Waals surface area contributed by atoms with Crippen LogP contribution in [0.1, 0.15) is 324 Å². The van der Waals surface area contributed by atoms with Gasteiger partial charge in [-0.2, -0.15) is 30.5 Å². The van der Waals surface area contributed by atoms with Crippen LogP contribution in [-0.4, -0.2) is 157 Å². The fourth-order valence-electron chi connectivity index (χ4n) is 3.54. The number of carboxylic acids is 2. The molecule has 0 fully saturated rings. The number of rotatable bonds is 14. The van der Waals surface area contributed by atoms with E-state index in [0.717, 1.165) is 100 Å². The van der Waals surface area contributed by atoms with E-state index in [9.17, 15) is 9.59 Å². The summed E-state index contributed by atoms with van der Waals surface area (Å²) in [6.07, 6.45) is 13.5. The maximum absolute atomic E-state index is 9.97. The van der Waals surface area contributed by atoms with Gasteiger partial charge >= 0.3 is 49.7 Å². The van der Waals surface area contributed by atoms with Crippen LogP contribution in [-0.2, 0) is 14.0 Å². The number of hydrogen-bond donors (Lipinski definition) is 11. The van der Waals surface area contributed by atoms with Crippen LogP contribution in [0.2, 0.25) is 5.04 Å². The Labute approximate surface area is 742 Å². The summed E-state index contributed by atoms with van der Waals surface area (Å²) in [6, 6.07) is 38.4. The third kappa shape index (κ3) is 298. The van der Waals surface area contributed by atoms with E-state index < -0.39 is 20.6 Å². The molecule has 0 radical (unpaired) electrons. The van der Waals surface area contributed by atoms with Crippen LogP contribution in [0.4, 0.5) is 0 Å². The Bertz CT molecular complexity index is 1650. The van der Waals surface area contributed by atoms with E-state index >= 15 is 0 Å². The zero-order valence-electron chi connectivity index (χ0n) is 83.2. The third-order valence-corrected chi connectivity index (χ3v) is 9.15. The predicted molar refractivity (Wildman–Crippen MR) is 523 cm³/mol. The van der Waals surface area contributed by atoms with E-state index in [-0.39, 0.29) is 47.5 Å². The number of unbranched alkanes of at least 4 members (excludes halogenated alkanes) is 2. The molecule has 0 bridgehead atoms. The van der Waals surface area contributed by atoms with Crippen molar-refractivity contribution in [2.75, 3.05) is 70.1 Å². The first kappa shape index (κ1) is 198. The van der Waals surface area contributed by atoms with Crippen molar-refractivity contribution in [3.8, 4) is 0 Å². The number of aliphatic carboxylic acids is 2. The Hall–Kier alpha value is -3.38. The van der Waals surface area contributed by atoms with Gasteiger partial charge in [-0.3, -0.25) is 9.59 Å². The molecular weight excluding hydrogens is 1530 g/mol. The van der Waals surface area contributed by atoms with Gasteiger partial charge in [-0.25, -0.2) is 0 Å². The monoisotopic (exact) mass is 1730 g/mol. The van der Waals surface area contributed by atoms with Crippen LogP contribution < -0.4 is 37.7 Å². The Balaban J connectivity index is -0.0000000240. The molecule has 0 amide bonds. The Kier molecular flexibility index (Phi) is 464. The first-order chi connectivity index (χ1) is 52.6. The van der Waals surface area contributed by atoms with Crippen molar-refractivity contribution >= 4 is 77.9 Å². The number of hydrogen-bond acceptors (Lipinski definition) is 12. The van der Waals surface area contributed by atoms with E-state index in [4.69, 9.17) is 60.6 Å². The molecule has 0 aliphatic carbocycles. The van der Waals surface area contributed by atoms with E-state index in [0.29, 0.717) is 11.6 Å². The second-order valence-electron chi connectivity index (χ2n) is 15.2. The number of halogens is 2. The fourth-order valence-corrected chi connectivity index (χ4v) is 4.50. The van der Waals surface area contributed by atoms with Gasteiger partial charge in [-0.15, -0.1) is 12.1 Å². The molecule has 0 heterocycles. The number of aliphatic hydroxyl groups is 9. The molecule has 0 saturated carbocycles. The number of carboxylic acid groups (broad SMARTS) is 2. The maximum Gasteiger partial charge on any atom is 1.00 e. The van der Waals surface area contributed by atoms with Crippen molar-refractivity contribution in [1.82, 2.24) is 0 Å². The van der Waals surface area contributed by atoms with E-state index in [1.165, 1.54) is 16.7 Å². The molecule has 4 rings (SSSR count). The SMILES string of the molecule is C=Cc1ccc(C=C)cc1.C=Cc1ccccc1.C=Cc1ccccc1.CC.CC.CC.CC.CC.CC.CC.CC.CC.CC.CC.CC.CC.CC.CC.CC.CC(C)(Br)C(=O)O.CC(C)(Br)C(=O)O.CO.CO.CO.CO.CO.CO.CO.CO.OCCCC[CH-]c1ccccc1.[CH2-]CCO[SiH2]C(C)(C)C.[Li+].[Li+]. The maximum atomic E-state index is 9.97. The molecule has 14 nitrogen and oxygen atoms in total. The Morgan fingerprint density at radius 2 is 0.541 bits per heavy atom. The molecule has 11 N–H and O–H groups in total. The molecule has 4 aromatic carbocycles. The average molecular weight is 1730 g/mol. The van der Waals surface area contributed by atoms with Gasteiger partial charge in [-0.1, -0.05) is 429 Å². The molecule has 111 heavy (non-hydrogen) atoms. The molecule has 0 aromatic heterocycles. The second kappa shape index (κ2) is 260. The summed E-state index contributed by atoms with van der Waals surface area (Å²) in [5, 5.41) is 81.4. The van der Waals surface area contributed by atoms with E-state index in [1.54, 1.807) is 27.7 Å². The largest absolute Gasteiger partial charge is 1.00 e. The standard InChI is InChI=1S/C11H15O.C10H10.2C8H8.C7H17OSi.2C4H7BrO2.16C2H6.8CH4O.2Li/c12-10-6-2-5-9-11-7-3-1-4-8-11;1-3-9-5-7-10(4-2)8-6-9;2*1-2-8-6-4-3-5-7-8;1-5-6-8-9-7(2,3)4;2*1-4(2,5)3(6)7;24*1-2;;/h1,3-4,7-9,12H,2,5-6,10H2;3-8H,1-2H2;2*2-7H,1H2;1,5-6,9H2,2-4H3;2*1-2H3,(H,6,7);16*1-2H3;8*2H,1H3;;/q-1;;;;-1;;;;;;;;;;;;;;;;;;;;;;;;;;;2*+1. The fraction of sp³-hybridized carbons (Fsp3) is 0.609. The molecule has 0 aliphatic rings. The zero-order valence-corrected chi connectivity index (χ0v) is 87.8. The minimum Gasteiger partial charge on any atom is -0.480 e. The van der Waals surface area contributed by atoms with Crippen LogP contribution >= 0.6 is 31.9 Å². The smallest absolute Gasteiger partial charge is 0.480 e. The summed E-state index contributed by atoms with van der Waals surface area (Å²) < 4.78 is 3.88. The molecule has 0 saturated heterocycles. The van der Waals surface area contributed by atoms with Gasteiger partial charge in [0, 0.05) is 70.1 Å². The minimum absolute atomic E-state index is 0. The first-order valence-corrected chi connectivity index (χ1v) is 42.5. The third-order valence-electron chi connectivity index (χ3n) is 7.11. The normalized spacial score (nSPS) is 6.87. The minimum atomic E-state index is -0.840. The number of alkyl halides is 2. The van der Waals surface area contributed by atoms with Crippen LogP contribution in [0.3, 0.4) is 0 Å². The molecule has 0 unspecified atom stereocenters. The topological polar surface area (TPSA) is 266 Å². The average Bonchev–Trinajstić information content (AvgIpc) is 0.936. The van der Waals surface area contributed by atoms with Crippen molar-refractivity contribution in [2.24, 2.45) is 0 Å². The van der Waals surface area contributed by atoms with Crippen LogP contribution in [0, 0.1) is 13.3 Å². The number of benzene rings is 4. The Morgan fingerprint density at radius 1 is 0.369 bits per heavy atom. The Morgan fingerprint density at radius 3 is 0.676 bits per heavy atom. The van der Waals surface area contributed by atoms with Crippen molar-refractivity contribution in [3.63, 3.8) is 0 Å². The summed E-state index contributed by atoms with van der Waals surface area (Å²) in [6.45, 7) is 96.4. The van der Waals surface area contributed by atoms with Gasteiger partial charge in [0.1, 0.15) is 8.65 Å². The molecule has 672 valence electrons. The van der Waals surface area contributed by atoms with Crippen LogP contribution in [0.5, 0.6) is 0 Å². The summed E-state index contributed by atoms with van der Waals surface area (Å²) in [5.41, 5.74) is 5.91. The first-order valence-electron chi connectivity index (χ1n) is 39.6. The summed E-state index contributed by atoms with van der Waals surface area (Å²) in [7, 11) is 7.70. The number of carbonyl (C=O) groups is 2. The van der Waals surface area contributed by atoms with Crippen molar-refractivity contribution < 1.29 is 108 Å². The van der Waals surface area contributed by atoms with Gasteiger partial charge in [0.15, 0.2) is 9.76 Å². The molecule has 4 aromatic rings. The number of aliphatic hydroxyl groups excluding tert-OH is 9. The van der Waals surface area contributed by atoms with Gasteiger partial charge in [0.2, 0.25) is 0 Å². The van der Waals surface area contributed by atoms with Crippen LogP contribution in [0.15, 0.2) is 142 Å². The van der Waals surface area contributed by atoms with Crippen LogP contribution in [0.25, 0.3) is 24.3 Å². The zero-order chi connectivity index (χ0) is 95.2. The molecule has 0 atom stereocenters. The van der Waals surface area contributed by atoms with Gasteiger partial charge < -0.3 is 67.5 Å². The summed E-state index contributed by atoms with van der Waals surface area (Å²) >= 11 is 5.89. The molecule has 19 heteroatoms. The molecule has 0 aliphatic heterocycles. The van der Waals surface area contributed by atoms with E-state index in [2.05, 4.69) is 104 Å². The quantitative estimate of drug-likeness (QED) is 0.0243. The van der Waals surface area contributed by atoms with Gasteiger partial charge in [0.25, 0.3) is 0 Å². The summed E-state index contributed by atoms with van der Waals surface area (Å²) in [4.78, 5) is 19.9. The van der Waals surface area contributed by atoms with Crippen molar-refractivity contribution in [2.45, 2.75) is 309 Å². The summed E-state index contributed by atoms with van der Waals surface area (Å²) in [5.74, 6) is -1.68. The predicted octanol–water partition coefficient (Wildman–Crippen LogP) is 21.3. The molecule has 0 spiro atoms. The van der Waals surface area contributed by atoms with E-state index in [1.807, 2.05) is 349 Å². The van der Waals surface area contributed by atoms with Gasteiger partial charge in [0.05, 0.1) is 0 Å². The van der Waals surface area contributed by atoms with Gasteiger partial charge in [-0.05, 0) is 61.4 Å². The second-order valence-corrected chi connectivity index (χ2v) is 21.9. The van der Waals surface area contributed by atoms with Crippen molar-refractivity contribution in [1.29, 1.82) is 0 Å². The molecular formula is C92H200Br2Li2O14Si.